The lowest BCUT2D eigenvalue weighted by Crippen LogP contribution is -2.35. The van der Waals surface area contributed by atoms with E-state index in [1.165, 1.54) is 18.0 Å². The Morgan fingerprint density at radius 1 is 1.03 bits per heavy atom. The molecule has 0 fully saturated rings. The Morgan fingerprint density at radius 2 is 1.73 bits per heavy atom. The van der Waals surface area contributed by atoms with E-state index in [9.17, 15) is 14.0 Å². The van der Waals surface area contributed by atoms with Gasteiger partial charge in [0.2, 0.25) is 11.8 Å². The summed E-state index contributed by atoms with van der Waals surface area (Å²) in [4.78, 5) is 25.9. The van der Waals surface area contributed by atoms with Gasteiger partial charge in [-0.2, -0.15) is 0 Å². The number of carbonyl (C=O) groups excluding carboxylic acids is 2. The van der Waals surface area contributed by atoms with Crippen molar-refractivity contribution < 1.29 is 18.4 Å². The minimum absolute atomic E-state index is 0.140. The summed E-state index contributed by atoms with van der Waals surface area (Å²) in [5.41, 5.74) is 0.671. The molecule has 1 heterocycles. The number of aryl methyl sites for hydroxylation is 1. The topological polar surface area (TPSA) is 62.6 Å². The van der Waals surface area contributed by atoms with Gasteiger partial charge in [0.05, 0.1) is 27.8 Å². The standard InChI is InChI=1S/C22H19Cl2FN2O3/c1-27(13-20(28)26-22-16(23)6-4-7-17(22)24)21(29)12-10-14-9-11-19(30-14)15-5-2-3-8-18(15)25/h2-9,11H,10,12-13H2,1H3,(H,26,28). The molecular formula is C22H19Cl2FN2O3. The maximum absolute atomic E-state index is 13.9. The average Bonchev–Trinajstić information content (AvgIpc) is 3.18. The summed E-state index contributed by atoms with van der Waals surface area (Å²) in [6.45, 7) is -0.154. The first-order chi connectivity index (χ1) is 14.3. The van der Waals surface area contributed by atoms with Crippen LogP contribution in [0.3, 0.4) is 0 Å². The number of amides is 2. The van der Waals surface area contributed by atoms with Crippen molar-refractivity contribution in [1.29, 1.82) is 0 Å². The van der Waals surface area contributed by atoms with E-state index in [2.05, 4.69) is 5.32 Å². The van der Waals surface area contributed by atoms with Crippen molar-refractivity contribution in [3.63, 3.8) is 0 Å². The van der Waals surface area contributed by atoms with E-state index in [1.807, 2.05) is 0 Å². The number of benzene rings is 2. The second-order valence-electron chi connectivity index (χ2n) is 6.64. The van der Waals surface area contributed by atoms with Crippen molar-refractivity contribution in [2.45, 2.75) is 12.8 Å². The molecule has 1 aromatic heterocycles. The Labute approximate surface area is 183 Å². The van der Waals surface area contributed by atoms with Crippen molar-refractivity contribution in [1.82, 2.24) is 4.90 Å². The summed E-state index contributed by atoms with van der Waals surface area (Å²) in [7, 11) is 1.53. The van der Waals surface area contributed by atoms with E-state index in [0.717, 1.165) is 0 Å². The second-order valence-corrected chi connectivity index (χ2v) is 7.45. The Hall–Kier alpha value is -2.83. The molecule has 8 heteroatoms. The maximum Gasteiger partial charge on any atom is 0.244 e. The van der Waals surface area contributed by atoms with Crippen LogP contribution in [0.4, 0.5) is 10.1 Å². The molecule has 0 aliphatic carbocycles. The SMILES string of the molecule is CN(CC(=O)Nc1c(Cl)cccc1Cl)C(=O)CCc1ccc(-c2ccccc2F)o1. The highest BCUT2D eigenvalue weighted by Gasteiger charge is 2.16. The third-order valence-corrected chi connectivity index (χ3v) is 5.05. The van der Waals surface area contributed by atoms with Crippen molar-refractivity contribution in [2.24, 2.45) is 0 Å². The zero-order valence-electron chi connectivity index (χ0n) is 16.1. The van der Waals surface area contributed by atoms with Crippen LogP contribution in [0.5, 0.6) is 0 Å². The van der Waals surface area contributed by atoms with Gasteiger partial charge in [-0.1, -0.05) is 41.4 Å². The number of furan rings is 1. The minimum atomic E-state index is -0.416. The average molecular weight is 449 g/mol. The van der Waals surface area contributed by atoms with Gasteiger partial charge in [-0.3, -0.25) is 9.59 Å². The lowest BCUT2D eigenvalue weighted by atomic mass is 10.1. The molecule has 0 spiro atoms. The Morgan fingerprint density at radius 3 is 2.43 bits per heavy atom. The van der Waals surface area contributed by atoms with Gasteiger partial charge in [-0.05, 0) is 36.4 Å². The highest BCUT2D eigenvalue weighted by Crippen LogP contribution is 2.29. The summed E-state index contributed by atoms with van der Waals surface area (Å²) in [6, 6.07) is 14.6. The highest BCUT2D eigenvalue weighted by atomic mass is 35.5. The Bertz CT molecular complexity index is 1050. The first-order valence-electron chi connectivity index (χ1n) is 9.16. The lowest BCUT2D eigenvalue weighted by molar-refractivity contribution is -0.133. The largest absolute Gasteiger partial charge is 0.461 e. The predicted molar refractivity (Wildman–Crippen MR) is 115 cm³/mol. The molecule has 30 heavy (non-hydrogen) atoms. The van der Waals surface area contributed by atoms with Crippen LogP contribution in [0.2, 0.25) is 10.0 Å². The van der Waals surface area contributed by atoms with Crippen molar-refractivity contribution in [2.75, 3.05) is 18.9 Å². The first-order valence-corrected chi connectivity index (χ1v) is 9.92. The molecule has 5 nitrogen and oxygen atoms in total. The van der Waals surface area contributed by atoms with Gasteiger partial charge in [0.25, 0.3) is 0 Å². The number of rotatable bonds is 7. The van der Waals surface area contributed by atoms with Gasteiger partial charge in [0.1, 0.15) is 17.3 Å². The molecule has 2 aromatic carbocycles. The van der Waals surface area contributed by atoms with Crippen LogP contribution in [0, 0.1) is 5.82 Å². The van der Waals surface area contributed by atoms with Crippen molar-refractivity contribution in [3.8, 4) is 11.3 Å². The van der Waals surface area contributed by atoms with E-state index in [-0.39, 0.29) is 24.7 Å². The number of hydrogen-bond acceptors (Lipinski definition) is 3. The maximum atomic E-state index is 13.9. The molecular weight excluding hydrogens is 430 g/mol. The summed E-state index contributed by atoms with van der Waals surface area (Å²) in [5, 5.41) is 3.24. The van der Waals surface area contributed by atoms with Crippen LogP contribution >= 0.6 is 23.2 Å². The van der Waals surface area contributed by atoms with Gasteiger partial charge in [-0.15, -0.1) is 0 Å². The molecule has 0 saturated carbocycles. The number of para-hydroxylation sites is 1. The van der Waals surface area contributed by atoms with Gasteiger partial charge in [0.15, 0.2) is 0 Å². The lowest BCUT2D eigenvalue weighted by Gasteiger charge is -2.17. The van der Waals surface area contributed by atoms with Gasteiger partial charge in [0, 0.05) is 19.9 Å². The molecule has 0 aliphatic heterocycles. The zero-order valence-corrected chi connectivity index (χ0v) is 17.6. The van der Waals surface area contributed by atoms with Crippen LogP contribution < -0.4 is 5.32 Å². The summed E-state index contributed by atoms with van der Waals surface area (Å²) in [6.07, 6.45) is 0.469. The smallest absolute Gasteiger partial charge is 0.244 e. The number of carbonyl (C=O) groups is 2. The van der Waals surface area contributed by atoms with Gasteiger partial charge >= 0.3 is 0 Å². The van der Waals surface area contributed by atoms with Crippen LogP contribution in [-0.4, -0.2) is 30.3 Å². The van der Waals surface area contributed by atoms with E-state index in [0.29, 0.717) is 39.2 Å². The fourth-order valence-electron chi connectivity index (χ4n) is 2.84. The van der Waals surface area contributed by atoms with E-state index < -0.39 is 5.91 Å². The van der Waals surface area contributed by atoms with Crippen LogP contribution in [0.25, 0.3) is 11.3 Å². The number of nitrogens with one attached hydrogen (secondary N) is 1. The molecule has 0 radical (unpaired) electrons. The Kier molecular flexibility index (Phi) is 7.13. The predicted octanol–water partition coefficient (Wildman–Crippen LogP) is 5.42. The first kappa shape index (κ1) is 21.9. The number of hydrogen-bond donors (Lipinski definition) is 1. The molecule has 0 saturated heterocycles. The monoisotopic (exact) mass is 448 g/mol. The summed E-state index contributed by atoms with van der Waals surface area (Å²) < 4.78 is 19.5. The zero-order chi connectivity index (χ0) is 21.7. The van der Waals surface area contributed by atoms with Crippen LogP contribution in [0.15, 0.2) is 59.0 Å². The molecule has 156 valence electrons. The van der Waals surface area contributed by atoms with Gasteiger partial charge in [-0.25, -0.2) is 4.39 Å². The minimum Gasteiger partial charge on any atom is -0.461 e. The molecule has 0 unspecified atom stereocenters. The second kappa shape index (κ2) is 9.78. The van der Waals surface area contributed by atoms with Gasteiger partial charge < -0.3 is 14.6 Å². The third kappa shape index (κ3) is 5.40. The molecule has 0 atom stereocenters. The van der Waals surface area contributed by atoms with Crippen molar-refractivity contribution >= 4 is 40.7 Å². The highest BCUT2D eigenvalue weighted by molar-refractivity contribution is 6.39. The fraction of sp³-hybridized carbons (Fsp3) is 0.182. The normalized spacial score (nSPS) is 10.7. The molecule has 0 bridgehead atoms. The number of halogens is 3. The summed E-state index contributed by atoms with van der Waals surface area (Å²) >= 11 is 12.1. The number of likely N-dealkylation sites (N-methyl/N-ethyl adjacent to an activating group) is 1. The van der Waals surface area contributed by atoms with Crippen LogP contribution in [-0.2, 0) is 16.0 Å². The molecule has 3 rings (SSSR count). The number of anilines is 1. The quantitative estimate of drug-likeness (QED) is 0.524. The molecule has 2 amide bonds. The van der Waals surface area contributed by atoms with Crippen LogP contribution in [0.1, 0.15) is 12.2 Å². The third-order valence-electron chi connectivity index (χ3n) is 4.42. The molecule has 3 aromatic rings. The fourth-order valence-corrected chi connectivity index (χ4v) is 3.33. The van der Waals surface area contributed by atoms with E-state index in [4.69, 9.17) is 27.6 Å². The summed E-state index contributed by atoms with van der Waals surface area (Å²) in [5.74, 6) is -0.0685. The van der Waals surface area contributed by atoms with Crippen molar-refractivity contribution in [3.05, 3.63) is 76.2 Å². The number of nitrogens with zero attached hydrogens (tertiary/aromatic N) is 1. The molecule has 1 N–H and O–H groups in total. The molecule has 0 aliphatic rings. The Balaban J connectivity index is 1.52. The van der Waals surface area contributed by atoms with E-state index in [1.54, 1.807) is 48.5 Å². The van der Waals surface area contributed by atoms with E-state index >= 15 is 0 Å².